The maximum Gasteiger partial charge on any atom is 0.448 e. The maximum absolute atomic E-state index is 10.8. The number of amidine groups is 2. The van der Waals surface area contributed by atoms with Crippen molar-refractivity contribution in [2.45, 2.75) is 12.4 Å². The van der Waals surface area contributed by atoms with Gasteiger partial charge < -0.3 is 11.5 Å². The Hall–Kier alpha value is -0.961. The van der Waals surface area contributed by atoms with Crippen LogP contribution in [-0.2, 0) is 17.1 Å². The van der Waals surface area contributed by atoms with E-state index in [2.05, 4.69) is 11.5 Å². The van der Waals surface area contributed by atoms with Gasteiger partial charge in [0, 0.05) is 17.1 Å². The van der Waals surface area contributed by atoms with Crippen molar-refractivity contribution in [2.24, 2.45) is 11.5 Å². The molecule has 0 aliphatic carbocycles. The third kappa shape index (κ3) is 13.0. The molecule has 0 heterocycles. The van der Waals surface area contributed by atoms with Crippen LogP contribution in [0, 0.1) is 10.8 Å². The van der Waals surface area contributed by atoms with Crippen molar-refractivity contribution in [3.05, 3.63) is 0 Å². The minimum atomic E-state index is -4.64. The third-order valence-corrected chi connectivity index (χ3v) is 0.611. The van der Waals surface area contributed by atoms with Gasteiger partial charge in [0.2, 0.25) is 0 Å². The van der Waals surface area contributed by atoms with Crippen molar-refractivity contribution in [3.63, 3.8) is 0 Å². The van der Waals surface area contributed by atoms with Gasteiger partial charge >= 0.3 is 12.4 Å². The minimum Gasteiger partial charge on any atom is -0.380 e. The molecular formula is C4H6CuF6N4. The quantitative estimate of drug-likeness (QED) is 0.231. The first-order chi connectivity index (χ1) is 5.89. The molecule has 15 heavy (non-hydrogen) atoms. The first-order valence-corrected chi connectivity index (χ1v) is 2.71. The number of nitrogens with one attached hydrogen (secondary N) is 2. The van der Waals surface area contributed by atoms with Gasteiger partial charge in [-0.2, -0.15) is 26.3 Å². The van der Waals surface area contributed by atoms with E-state index < -0.39 is 24.0 Å². The van der Waals surface area contributed by atoms with E-state index in [0.29, 0.717) is 0 Å². The molecule has 0 aliphatic rings. The van der Waals surface area contributed by atoms with E-state index in [1.54, 1.807) is 0 Å². The molecule has 6 N–H and O–H groups in total. The average molecular weight is 288 g/mol. The van der Waals surface area contributed by atoms with Crippen LogP contribution in [0.2, 0.25) is 0 Å². The van der Waals surface area contributed by atoms with Crippen LogP contribution in [-0.4, -0.2) is 24.0 Å². The Balaban J connectivity index is -0.000000180. The molecule has 0 spiro atoms. The van der Waals surface area contributed by atoms with E-state index in [1.165, 1.54) is 0 Å². The van der Waals surface area contributed by atoms with Crippen molar-refractivity contribution in [2.75, 3.05) is 0 Å². The van der Waals surface area contributed by atoms with Crippen LogP contribution in [0.25, 0.3) is 0 Å². The van der Waals surface area contributed by atoms with Gasteiger partial charge in [-0.25, -0.2) is 0 Å². The largest absolute Gasteiger partial charge is 0.448 e. The molecule has 95 valence electrons. The standard InChI is InChI=1S/2C2H3F3N2.Cu/c2*3-2(4,5)1(6)7;/h2*(H3,6,7);. The number of rotatable bonds is 0. The minimum absolute atomic E-state index is 0. The fourth-order valence-corrected chi connectivity index (χ4v) is 0. The van der Waals surface area contributed by atoms with Crippen molar-refractivity contribution >= 4 is 11.7 Å². The molecule has 0 atom stereocenters. The summed E-state index contributed by atoms with van der Waals surface area (Å²) in [4.78, 5) is 0. The Morgan fingerprint density at radius 2 is 0.800 bits per heavy atom. The second-order valence-electron chi connectivity index (χ2n) is 1.82. The summed E-state index contributed by atoms with van der Waals surface area (Å²) in [6.07, 6.45) is -9.28. The van der Waals surface area contributed by atoms with Crippen LogP contribution in [0.5, 0.6) is 0 Å². The van der Waals surface area contributed by atoms with Gasteiger partial charge in [-0.1, -0.05) is 0 Å². The first-order valence-electron chi connectivity index (χ1n) is 2.71. The molecule has 0 fully saturated rings. The monoisotopic (exact) mass is 287 g/mol. The van der Waals surface area contributed by atoms with Gasteiger partial charge in [-0.05, 0) is 0 Å². The molecule has 0 aromatic rings. The van der Waals surface area contributed by atoms with Crippen molar-refractivity contribution in [1.29, 1.82) is 10.8 Å². The Morgan fingerprint density at radius 1 is 0.733 bits per heavy atom. The average Bonchev–Trinajstić information content (AvgIpc) is 1.83. The van der Waals surface area contributed by atoms with E-state index in [9.17, 15) is 26.3 Å². The van der Waals surface area contributed by atoms with E-state index in [4.69, 9.17) is 10.8 Å². The summed E-state index contributed by atoms with van der Waals surface area (Å²) < 4.78 is 65.0. The molecule has 0 aliphatic heterocycles. The van der Waals surface area contributed by atoms with E-state index in [1.807, 2.05) is 0 Å². The Kier molecular flexibility index (Phi) is 8.50. The summed E-state index contributed by atoms with van der Waals surface area (Å²) in [5.74, 6) is -3.51. The summed E-state index contributed by atoms with van der Waals surface area (Å²) in [6, 6.07) is 0. The van der Waals surface area contributed by atoms with Crippen molar-refractivity contribution < 1.29 is 43.4 Å². The Bertz CT molecular complexity index is 196. The molecule has 0 rings (SSSR count). The van der Waals surface area contributed by atoms with Gasteiger partial charge in [0.25, 0.3) is 0 Å². The van der Waals surface area contributed by atoms with Gasteiger partial charge in [-0.15, -0.1) is 0 Å². The first kappa shape index (κ1) is 19.6. The van der Waals surface area contributed by atoms with Crippen LogP contribution >= 0.6 is 0 Å². The summed E-state index contributed by atoms with van der Waals surface area (Å²) >= 11 is 0. The zero-order chi connectivity index (χ0) is 12.2. The van der Waals surface area contributed by atoms with Crippen LogP contribution in [0.4, 0.5) is 26.3 Å². The zero-order valence-electron chi connectivity index (χ0n) is 6.72. The molecular weight excluding hydrogens is 282 g/mol. The van der Waals surface area contributed by atoms with E-state index >= 15 is 0 Å². The van der Waals surface area contributed by atoms with E-state index in [0.717, 1.165) is 0 Å². The smallest absolute Gasteiger partial charge is 0.380 e. The van der Waals surface area contributed by atoms with Gasteiger partial charge in [0.05, 0.1) is 0 Å². The number of halogens is 6. The molecule has 0 aromatic heterocycles. The Morgan fingerprint density at radius 3 is 0.800 bits per heavy atom. The number of hydrogen-bond acceptors (Lipinski definition) is 2. The molecule has 0 saturated heterocycles. The molecule has 0 amide bonds. The molecule has 0 unspecified atom stereocenters. The molecule has 0 bridgehead atoms. The molecule has 1 radical (unpaired) electrons. The normalized spacial score (nSPS) is 10.5. The summed E-state index contributed by atoms with van der Waals surface area (Å²) in [5, 5.41) is 11.6. The molecule has 0 aromatic carbocycles. The van der Waals surface area contributed by atoms with Gasteiger partial charge in [0.1, 0.15) is 0 Å². The van der Waals surface area contributed by atoms with E-state index in [-0.39, 0.29) is 17.1 Å². The SMILES string of the molecule is N=C(N)C(F)(F)F.N=C(N)C(F)(F)F.[Cu]. The predicted molar refractivity (Wildman–Crippen MR) is 35.9 cm³/mol. The Labute approximate surface area is 90.5 Å². The van der Waals surface area contributed by atoms with Crippen LogP contribution in [0.15, 0.2) is 0 Å². The third-order valence-electron chi connectivity index (χ3n) is 0.611. The number of hydrogen-bond donors (Lipinski definition) is 4. The molecule has 11 heteroatoms. The summed E-state index contributed by atoms with van der Waals surface area (Å²) in [5.41, 5.74) is 8.06. The van der Waals surface area contributed by atoms with Crippen molar-refractivity contribution in [3.8, 4) is 0 Å². The second kappa shape index (κ2) is 6.51. The molecule has 0 saturated carbocycles. The second-order valence-corrected chi connectivity index (χ2v) is 1.82. The molecule has 4 nitrogen and oxygen atoms in total. The van der Waals surface area contributed by atoms with Gasteiger partial charge in [-0.3, -0.25) is 10.8 Å². The summed E-state index contributed by atoms with van der Waals surface area (Å²) in [7, 11) is 0. The predicted octanol–water partition coefficient (Wildman–Crippen LogP) is 0.967. The van der Waals surface area contributed by atoms with Crippen LogP contribution < -0.4 is 11.5 Å². The fourth-order valence-electron chi connectivity index (χ4n) is 0. The zero-order valence-corrected chi connectivity index (χ0v) is 7.67. The fraction of sp³-hybridized carbons (Fsp3) is 0.500. The maximum atomic E-state index is 10.8. The number of nitrogens with two attached hydrogens (primary N) is 2. The topological polar surface area (TPSA) is 99.7 Å². The van der Waals surface area contributed by atoms with Crippen molar-refractivity contribution in [1.82, 2.24) is 0 Å². The van der Waals surface area contributed by atoms with Crippen LogP contribution in [0.1, 0.15) is 0 Å². The number of alkyl halides is 6. The van der Waals surface area contributed by atoms with Gasteiger partial charge in [0.15, 0.2) is 11.7 Å². The summed E-state index contributed by atoms with van der Waals surface area (Å²) in [6.45, 7) is 0. The van der Waals surface area contributed by atoms with Crippen LogP contribution in [0.3, 0.4) is 0 Å².